The number of carbonyl (C=O) groups excluding carboxylic acids is 3. The maximum Gasteiger partial charge on any atom is 0.270 e. The van der Waals surface area contributed by atoms with Crippen LogP contribution in [0.25, 0.3) is 0 Å². The van der Waals surface area contributed by atoms with Crippen molar-refractivity contribution in [3.8, 4) is 0 Å². The highest BCUT2D eigenvalue weighted by Crippen LogP contribution is 2.21. The van der Waals surface area contributed by atoms with Gasteiger partial charge in [0, 0.05) is 43.1 Å². The number of amides is 3. The van der Waals surface area contributed by atoms with Crippen LogP contribution in [0.2, 0.25) is 0 Å². The van der Waals surface area contributed by atoms with E-state index in [1.807, 2.05) is 0 Å². The number of benzene rings is 1. The summed E-state index contributed by atoms with van der Waals surface area (Å²) in [6.07, 6.45) is 1.69. The predicted octanol–water partition coefficient (Wildman–Crippen LogP) is 1.69. The zero-order valence-electron chi connectivity index (χ0n) is 16.2. The first-order valence-electron chi connectivity index (χ1n) is 9.69. The molecule has 1 aromatic carbocycles. The summed E-state index contributed by atoms with van der Waals surface area (Å²) < 4.78 is 26.2. The van der Waals surface area contributed by atoms with Gasteiger partial charge in [-0.3, -0.25) is 14.4 Å². The van der Waals surface area contributed by atoms with Gasteiger partial charge in [-0.05, 0) is 43.9 Å². The van der Waals surface area contributed by atoms with Crippen molar-refractivity contribution >= 4 is 17.7 Å². The summed E-state index contributed by atoms with van der Waals surface area (Å²) >= 11 is 0. The largest absolute Gasteiger partial charge is 0.390 e. The maximum absolute atomic E-state index is 13.1. The molecule has 1 aliphatic rings. The Hall–Kier alpha value is -2.55. The first-order chi connectivity index (χ1) is 13.7. The van der Waals surface area contributed by atoms with E-state index in [0.717, 1.165) is 12.8 Å². The predicted molar refractivity (Wildman–Crippen MR) is 103 cm³/mol. The lowest BCUT2D eigenvalue weighted by atomic mass is 10.1. The Kier molecular flexibility index (Phi) is 8.07. The maximum atomic E-state index is 13.1. The van der Waals surface area contributed by atoms with Crippen LogP contribution in [-0.2, 0) is 4.79 Å². The van der Waals surface area contributed by atoms with Gasteiger partial charge in [-0.1, -0.05) is 6.07 Å². The van der Waals surface area contributed by atoms with Crippen LogP contribution >= 0.6 is 0 Å². The molecular weight excluding hydrogens is 384 g/mol. The number of alkyl halides is 2. The summed E-state index contributed by atoms with van der Waals surface area (Å²) in [7, 11) is 0. The number of hydrogen-bond donors (Lipinski definition) is 3. The molecule has 160 valence electrons. The van der Waals surface area contributed by atoms with Crippen LogP contribution in [0.5, 0.6) is 0 Å². The number of carbonyl (C=O) groups is 3. The second kappa shape index (κ2) is 10.3. The lowest BCUT2D eigenvalue weighted by molar-refractivity contribution is -0.132. The number of aliphatic hydroxyl groups excluding tert-OH is 1. The van der Waals surface area contributed by atoms with E-state index < -0.39 is 24.9 Å². The number of nitrogens with one attached hydrogen (secondary N) is 1. The van der Waals surface area contributed by atoms with Gasteiger partial charge in [0.1, 0.15) is 6.61 Å². The highest BCUT2D eigenvalue weighted by atomic mass is 19.3. The number of hydrogen-bond acceptors (Lipinski definition) is 4. The molecule has 1 aliphatic heterocycles. The van der Waals surface area contributed by atoms with Crippen molar-refractivity contribution in [1.29, 1.82) is 0 Å². The molecule has 1 aromatic rings. The Balaban J connectivity index is 1.93. The standard InChI is InChI=1S/C20H27F2N3O4/c21-20(22,13-26)9-4-8-17(27)25-10-2-1-7-16(12-25)24-19(29)15-6-3-5-14(11-15)18(23)28/h3,5-6,11,16,26H,1-2,4,7-10,12-13H2,(H2,23,28)(H,24,29). The summed E-state index contributed by atoms with van der Waals surface area (Å²) in [6, 6.07) is 5.80. The van der Waals surface area contributed by atoms with E-state index in [1.165, 1.54) is 12.1 Å². The first kappa shape index (κ1) is 22.7. The first-order valence-corrected chi connectivity index (χ1v) is 9.69. The number of aliphatic hydroxyl groups is 1. The number of likely N-dealkylation sites (tertiary alicyclic amines) is 1. The van der Waals surface area contributed by atoms with Crippen molar-refractivity contribution in [2.45, 2.75) is 50.5 Å². The molecular formula is C20H27F2N3O4. The summed E-state index contributed by atoms with van der Waals surface area (Å²) in [5.41, 5.74) is 5.77. The molecule has 3 amide bonds. The summed E-state index contributed by atoms with van der Waals surface area (Å²) in [5.74, 6) is -4.40. The molecule has 2 rings (SSSR count). The Morgan fingerprint density at radius 1 is 1.24 bits per heavy atom. The molecule has 1 saturated heterocycles. The zero-order chi connectivity index (χ0) is 21.4. The molecule has 1 unspecified atom stereocenters. The highest BCUT2D eigenvalue weighted by Gasteiger charge is 2.28. The topological polar surface area (TPSA) is 113 Å². The molecule has 1 heterocycles. The molecule has 7 nitrogen and oxygen atoms in total. The fraction of sp³-hybridized carbons (Fsp3) is 0.550. The zero-order valence-corrected chi connectivity index (χ0v) is 16.2. The highest BCUT2D eigenvalue weighted by molar-refractivity contribution is 5.99. The van der Waals surface area contributed by atoms with E-state index in [2.05, 4.69) is 5.32 Å². The number of primary amides is 1. The third-order valence-electron chi connectivity index (χ3n) is 4.93. The van der Waals surface area contributed by atoms with Gasteiger partial charge in [0.05, 0.1) is 0 Å². The van der Waals surface area contributed by atoms with E-state index in [9.17, 15) is 23.2 Å². The van der Waals surface area contributed by atoms with Gasteiger partial charge in [0.15, 0.2) is 0 Å². The van der Waals surface area contributed by atoms with Crippen LogP contribution in [0.15, 0.2) is 24.3 Å². The van der Waals surface area contributed by atoms with Gasteiger partial charge < -0.3 is 21.1 Å². The van der Waals surface area contributed by atoms with E-state index in [0.29, 0.717) is 25.1 Å². The van der Waals surface area contributed by atoms with Crippen LogP contribution in [0.3, 0.4) is 0 Å². The Morgan fingerprint density at radius 2 is 1.97 bits per heavy atom. The van der Waals surface area contributed by atoms with Gasteiger partial charge >= 0.3 is 0 Å². The third-order valence-corrected chi connectivity index (χ3v) is 4.93. The minimum absolute atomic E-state index is 0.0141. The number of rotatable bonds is 8. The Bertz CT molecular complexity index is 742. The van der Waals surface area contributed by atoms with Crippen molar-refractivity contribution < 1.29 is 28.3 Å². The smallest absolute Gasteiger partial charge is 0.270 e. The Morgan fingerprint density at radius 3 is 2.66 bits per heavy atom. The fourth-order valence-electron chi connectivity index (χ4n) is 3.30. The molecule has 0 spiro atoms. The van der Waals surface area contributed by atoms with Crippen LogP contribution in [0.1, 0.15) is 59.2 Å². The molecule has 0 aliphatic carbocycles. The van der Waals surface area contributed by atoms with E-state index >= 15 is 0 Å². The molecule has 1 atom stereocenters. The SMILES string of the molecule is NC(=O)c1cccc(C(=O)NC2CCCCN(C(=O)CCCC(F)(F)CO)C2)c1. The van der Waals surface area contributed by atoms with Crippen molar-refractivity contribution in [2.75, 3.05) is 19.7 Å². The van der Waals surface area contributed by atoms with Gasteiger partial charge in [0.25, 0.3) is 11.8 Å². The summed E-state index contributed by atoms with van der Waals surface area (Å²) in [5, 5.41) is 11.5. The van der Waals surface area contributed by atoms with Gasteiger partial charge in [-0.15, -0.1) is 0 Å². The second-order valence-electron chi connectivity index (χ2n) is 7.32. The quantitative estimate of drug-likeness (QED) is 0.604. The minimum atomic E-state index is -3.17. The van der Waals surface area contributed by atoms with Crippen LogP contribution in [-0.4, -0.2) is 59.4 Å². The monoisotopic (exact) mass is 411 g/mol. The number of nitrogens with two attached hydrogens (primary N) is 1. The molecule has 1 fully saturated rings. The molecule has 29 heavy (non-hydrogen) atoms. The molecule has 0 bridgehead atoms. The van der Waals surface area contributed by atoms with Gasteiger partial charge in [0.2, 0.25) is 11.8 Å². The molecule has 0 radical (unpaired) electrons. The molecule has 4 N–H and O–H groups in total. The van der Waals surface area contributed by atoms with Crippen molar-refractivity contribution in [1.82, 2.24) is 10.2 Å². The normalized spacial score (nSPS) is 17.5. The third kappa shape index (κ3) is 7.08. The molecule has 0 saturated carbocycles. The average molecular weight is 411 g/mol. The van der Waals surface area contributed by atoms with E-state index in [1.54, 1.807) is 17.0 Å². The van der Waals surface area contributed by atoms with Crippen LogP contribution in [0, 0.1) is 0 Å². The lowest BCUT2D eigenvalue weighted by Gasteiger charge is -2.25. The molecule has 0 aromatic heterocycles. The fourth-order valence-corrected chi connectivity index (χ4v) is 3.30. The van der Waals surface area contributed by atoms with Crippen LogP contribution < -0.4 is 11.1 Å². The molecule has 9 heteroatoms. The van der Waals surface area contributed by atoms with Gasteiger partial charge in [-0.25, -0.2) is 8.78 Å². The summed E-state index contributed by atoms with van der Waals surface area (Å²) in [6.45, 7) is -0.412. The Labute approximate surface area is 168 Å². The average Bonchev–Trinajstić information content (AvgIpc) is 2.93. The van der Waals surface area contributed by atoms with Crippen molar-refractivity contribution in [3.05, 3.63) is 35.4 Å². The van der Waals surface area contributed by atoms with Crippen molar-refractivity contribution in [2.24, 2.45) is 5.73 Å². The van der Waals surface area contributed by atoms with Crippen molar-refractivity contribution in [3.63, 3.8) is 0 Å². The van der Waals surface area contributed by atoms with Gasteiger partial charge in [-0.2, -0.15) is 0 Å². The number of halogens is 2. The summed E-state index contributed by atoms with van der Waals surface area (Å²) in [4.78, 5) is 37.8. The van der Waals surface area contributed by atoms with E-state index in [4.69, 9.17) is 10.8 Å². The van der Waals surface area contributed by atoms with Crippen LogP contribution in [0.4, 0.5) is 8.78 Å². The second-order valence-corrected chi connectivity index (χ2v) is 7.32. The lowest BCUT2D eigenvalue weighted by Crippen LogP contribution is -2.44. The minimum Gasteiger partial charge on any atom is -0.390 e. The van der Waals surface area contributed by atoms with E-state index in [-0.39, 0.29) is 36.3 Å². The number of nitrogens with zero attached hydrogens (tertiary/aromatic N) is 1.